The minimum Gasteiger partial charge on any atom is -0.462 e. The molecule has 2 N–H and O–H groups in total. The third-order valence-electron chi connectivity index (χ3n) is 5.38. The zero-order valence-corrected chi connectivity index (χ0v) is 21.7. The van der Waals surface area contributed by atoms with E-state index in [4.69, 9.17) is 19.7 Å². The average Bonchev–Trinajstić information content (AvgIpc) is 2.83. The molecule has 1 rings (SSSR count). The highest BCUT2D eigenvalue weighted by atomic mass is 16.5. The fourth-order valence-corrected chi connectivity index (χ4v) is 3.28. The fourth-order valence-electron chi connectivity index (χ4n) is 3.28. The normalized spacial score (nSPS) is 11.3. The van der Waals surface area contributed by atoms with E-state index in [-0.39, 0.29) is 12.7 Å². The molecule has 6 nitrogen and oxygen atoms in total. The Hall–Kier alpha value is -1.92. The second-order valence-electron chi connectivity index (χ2n) is 8.71. The summed E-state index contributed by atoms with van der Waals surface area (Å²) in [6, 6.07) is 6.74. The highest BCUT2D eigenvalue weighted by molar-refractivity contribution is 6.03. The van der Waals surface area contributed by atoms with E-state index < -0.39 is 11.9 Å². The van der Waals surface area contributed by atoms with E-state index in [1.54, 1.807) is 31.2 Å². The van der Waals surface area contributed by atoms with E-state index in [1.165, 1.54) is 51.4 Å². The monoisotopic (exact) mass is 480 g/mol. The van der Waals surface area contributed by atoms with Gasteiger partial charge in [-0.15, -0.1) is 0 Å². The lowest BCUT2D eigenvalue weighted by molar-refractivity contribution is 0.0450. The van der Waals surface area contributed by atoms with Crippen LogP contribution in [0.1, 0.15) is 125 Å². The molecule has 6 heteroatoms. The van der Waals surface area contributed by atoms with Gasteiger partial charge in [0.05, 0.1) is 30.4 Å². The van der Waals surface area contributed by atoms with Gasteiger partial charge in [0.2, 0.25) is 0 Å². The minimum atomic E-state index is -0.444. The molecule has 1 unspecified atom stereocenters. The standard InChI is InChI=1S/C24H38O4.C4H10O2/c1-3-5-7-9-11-15-19-27-23(25)21-17-13-14-18-22(21)24(26)28-20-16-12-10-8-6-4-2;1-4(6)2-3-5/h13-14,17-18H,3-12,15-16,19-20H2,1-2H3;4-6H,2-3H2,1H3. The van der Waals surface area contributed by atoms with E-state index in [9.17, 15) is 9.59 Å². The molecule has 0 heterocycles. The van der Waals surface area contributed by atoms with Crippen molar-refractivity contribution < 1.29 is 29.3 Å². The average molecular weight is 481 g/mol. The Balaban J connectivity index is 0.00000160. The number of carbonyl (C=O) groups is 2. The number of aliphatic hydroxyl groups is 2. The van der Waals surface area contributed by atoms with Crippen LogP contribution in [0.3, 0.4) is 0 Å². The molecule has 0 saturated heterocycles. The third kappa shape index (κ3) is 17.5. The van der Waals surface area contributed by atoms with Crippen molar-refractivity contribution in [3.8, 4) is 0 Å². The lowest BCUT2D eigenvalue weighted by atomic mass is 10.1. The molecule has 0 bridgehead atoms. The summed E-state index contributed by atoms with van der Waals surface area (Å²) < 4.78 is 10.7. The van der Waals surface area contributed by atoms with Crippen molar-refractivity contribution in [2.45, 2.75) is 110 Å². The predicted molar refractivity (Wildman–Crippen MR) is 137 cm³/mol. The summed E-state index contributed by atoms with van der Waals surface area (Å²) in [4.78, 5) is 24.7. The van der Waals surface area contributed by atoms with Crippen LogP contribution in [-0.2, 0) is 9.47 Å². The van der Waals surface area contributed by atoms with Crippen molar-refractivity contribution >= 4 is 11.9 Å². The number of hydrogen-bond acceptors (Lipinski definition) is 6. The number of hydrogen-bond donors (Lipinski definition) is 2. The van der Waals surface area contributed by atoms with Gasteiger partial charge in [-0.05, 0) is 38.3 Å². The van der Waals surface area contributed by atoms with Crippen molar-refractivity contribution in [1.29, 1.82) is 0 Å². The van der Waals surface area contributed by atoms with E-state index >= 15 is 0 Å². The zero-order valence-electron chi connectivity index (χ0n) is 21.7. The summed E-state index contributed by atoms with van der Waals surface area (Å²) in [6.45, 7) is 6.90. The SMILES string of the molecule is CC(O)CCO.CCCCCCCCOC(=O)c1ccccc1C(=O)OCCCCCCCC. The molecule has 0 saturated carbocycles. The van der Waals surface area contributed by atoms with Crippen LogP contribution in [0.2, 0.25) is 0 Å². The number of benzene rings is 1. The van der Waals surface area contributed by atoms with Crippen LogP contribution in [0.15, 0.2) is 24.3 Å². The van der Waals surface area contributed by atoms with Crippen LogP contribution >= 0.6 is 0 Å². The number of unbranched alkanes of at least 4 members (excludes halogenated alkanes) is 10. The molecule has 0 amide bonds. The van der Waals surface area contributed by atoms with Gasteiger partial charge < -0.3 is 19.7 Å². The molecule has 1 aromatic carbocycles. The molecule has 1 aromatic rings. The van der Waals surface area contributed by atoms with Gasteiger partial charge >= 0.3 is 11.9 Å². The Labute approximate surface area is 207 Å². The first kappa shape index (κ1) is 32.1. The number of ether oxygens (including phenoxy) is 2. The van der Waals surface area contributed by atoms with Crippen molar-refractivity contribution in [3.05, 3.63) is 35.4 Å². The molecular weight excluding hydrogens is 432 g/mol. The quantitative estimate of drug-likeness (QED) is 0.185. The van der Waals surface area contributed by atoms with E-state index in [2.05, 4.69) is 13.8 Å². The number of esters is 2. The molecule has 196 valence electrons. The Bertz CT molecular complexity index is 580. The van der Waals surface area contributed by atoms with Gasteiger partial charge in [0.1, 0.15) is 0 Å². The third-order valence-corrected chi connectivity index (χ3v) is 5.38. The number of carbonyl (C=O) groups excluding carboxylic acids is 2. The molecule has 0 aliphatic rings. The van der Waals surface area contributed by atoms with Crippen LogP contribution in [0.25, 0.3) is 0 Å². The first-order chi connectivity index (χ1) is 16.5. The van der Waals surface area contributed by atoms with Crippen molar-refractivity contribution in [2.75, 3.05) is 19.8 Å². The second kappa shape index (κ2) is 22.9. The molecule has 0 aliphatic heterocycles. The van der Waals surface area contributed by atoms with Gasteiger partial charge in [-0.2, -0.15) is 0 Å². The fraction of sp³-hybridized carbons (Fsp3) is 0.714. The maximum atomic E-state index is 12.4. The van der Waals surface area contributed by atoms with Crippen LogP contribution in [0.5, 0.6) is 0 Å². The van der Waals surface area contributed by atoms with E-state index in [0.717, 1.165) is 25.7 Å². The van der Waals surface area contributed by atoms with Gasteiger partial charge in [0.15, 0.2) is 0 Å². The molecular formula is C28H48O6. The van der Waals surface area contributed by atoms with Crippen LogP contribution in [0.4, 0.5) is 0 Å². The summed E-state index contributed by atoms with van der Waals surface area (Å²) >= 11 is 0. The van der Waals surface area contributed by atoms with Crippen LogP contribution in [0, 0.1) is 0 Å². The first-order valence-corrected chi connectivity index (χ1v) is 13.2. The largest absolute Gasteiger partial charge is 0.462 e. The first-order valence-electron chi connectivity index (χ1n) is 13.2. The van der Waals surface area contributed by atoms with Gasteiger partial charge in [0.25, 0.3) is 0 Å². The van der Waals surface area contributed by atoms with Gasteiger partial charge in [-0.3, -0.25) is 0 Å². The summed E-state index contributed by atoms with van der Waals surface area (Å²) in [6.07, 6.45) is 13.8. The highest BCUT2D eigenvalue weighted by Crippen LogP contribution is 2.14. The maximum Gasteiger partial charge on any atom is 0.339 e. The Kier molecular flexibility index (Phi) is 21.6. The van der Waals surface area contributed by atoms with Crippen molar-refractivity contribution in [3.63, 3.8) is 0 Å². The highest BCUT2D eigenvalue weighted by Gasteiger charge is 2.18. The molecule has 1 atom stereocenters. The lowest BCUT2D eigenvalue weighted by Gasteiger charge is -2.10. The van der Waals surface area contributed by atoms with Crippen molar-refractivity contribution in [2.24, 2.45) is 0 Å². The molecule has 0 radical (unpaired) electrons. The van der Waals surface area contributed by atoms with Gasteiger partial charge in [-0.1, -0.05) is 90.2 Å². The smallest absolute Gasteiger partial charge is 0.339 e. The Morgan fingerprint density at radius 1 is 0.735 bits per heavy atom. The van der Waals surface area contributed by atoms with Crippen molar-refractivity contribution in [1.82, 2.24) is 0 Å². The van der Waals surface area contributed by atoms with E-state index in [0.29, 0.717) is 30.8 Å². The molecule has 34 heavy (non-hydrogen) atoms. The maximum absolute atomic E-state index is 12.4. The second-order valence-corrected chi connectivity index (χ2v) is 8.71. The van der Waals surface area contributed by atoms with Gasteiger partial charge in [0, 0.05) is 6.61 Å². The molecule has 0 spiro atoms. The van der Waals surface area contributed by atoms with Crippen LogP contribution < -0.4 is 0 Å². The summed E-state index contributed by atoms with van der Waals surface area (Å²) in [5.41, 5.74) is 0.586. The predicted octanol–water partition coefficient (Wildman–Crippen LogP) is 6.47. The Morgan fingerprint density at radius 2 is 1.12 bits per heavy atom. The summed E-state index contributed by atoms with van der Waals surface area (Å²) in [5.74, 6) is -0.888. The molecule has 0 aliphatic carbocycles. The topological polar surface area (TPSA) is 93.1 Å². The number of rotatable bonds is 18. The summed E-state index contributed by atoms with van der Waals surface area (Å²) in [5, 5.41) is 16.5. The number of aliphatic hydroxyl groups excluding tert-OH is 2. The minimum absolute atomic E-state index is 0.0810. The van der Waals surface area contributed by atoms with Crippen LogP contribution in [-0.4, -0.2) is 48.1 Å². The van der Waals surface area contributed by atoms with Gasteiger partial charge in [-0.25, -0.2) is 9.59 Å². The Morgan fingerprint density at radius 3 is 1.44 bits per heavy atom. The van der Waals surface area contributed by atoms with E-state index in [1.807, 2.05) is 0 Å². The summed E-state index contributed by atoms with van der Waals surface area (Å²) in [7, 11) is 0. The zero-order chi connectivity index (χ0) is 25.4. The lowest BCUT2D eigenvalue weighted by Crippen LogP contribution is -2.15. The molecule has 0 fully saturated rings. The molecule has 0 aromatic heterocycles.